The van der Waals surface area contributed by atoms with E-state index in [0.29, 0.717) is 5.69 Å². The van der Waals surface area contributed by atoms with Crippen molar-refractivity contribution in [3.05, 3.63) is 51.4 Å². The van der Waals surface area contributed by atoms with E-state index >= 15 is 0 Å². The Balaban J connectivity index is 1.94. The van der Waals surface area contributed by atoms with Gasteiger partial charge in [0.25, 0.3) is 5.56 Å². The number of anilines is 1. The molecule has 1 aliphatic rings. The lowest BCUT2D eigenvalue weighted by Crippen LogP contribution is -2.25. The number of nitrogens with one attached hydrogen (secondary N) is 1. The van der Waals surface area contributed by atoms with Crippen molar-refractivity contribution in [2.75, 3.05) is 18.6 Å². The van der Waals surface area contributed by atoms with Crippen LogP contribution in [-0.2, 0) is 0 Å². The molecule has 0 unspecified atom stereocenters. The topological polar surface area (TPSA) is 58.2 Å². The predicted octanol–water partition coefficient (Wildman–Crippen LogP) is 2.77. The van der Waals surface area contributed by atoms with Crippen LogP contribution in [0.5, 0.6) is 5.75 Å². The monoisotopic (exact) mass is 305 g/mol. The minimum atomic E-state index is -0.352. The Morgan fingerprint density at radius 2 is 2.14 bits per heavy atom. The number of ether oxygens (including phenoxy) is 1. The zero-order valence-corrected chi connectivity index (χ0v) is 12.4. The molecule has 0 amide bonds. The Morgan fingerprint density at radius 3 is 2.86 bits per heavy atom. The highest BCUT2D eigenvalue weighted by Crippen LogP contribution is 2.38. The number of aromatic amines is 1. The van der Waals surface area contributed by atoms with Gasteiger partial charge in [-0.1, -0.05) is 23.7 Å². The van der Waals surface area contributed by atoms with E-state index in [0.717, 1.165) is 25.1 Å². The van der Waals surface area contributed by atoms with Crippen molar-refractivity contribution >= 4 is 17.3 Å². The summed E-state index contributed by atoms with van der Waals surface area (Å²) in [6.45, 7) is 0.863. The quantitative estimate of drug-likeness (QED) is 0.947. The minimum Gasteiger partial charge on any atom is -0.497 e. The Hall–Kier alpha value is -2.01. The Labute approximate surface area is 127 Å². The molecule has 0 saturated carbocycles. The summed E-state index contributed by atoms with van der Waals surface area (Å²) in [6, 6.07) is 8.21. The molecule has 0 spiro atoms. The maximum absolute atomic E-state index is 11.6. The molecule has 1 aromatic heterocycles. The summed E-state index contributed by atoms with van der Waals surface area (Å²) in [4.78, 5) is 13.8. The molecule has 1 atom stereocenters. The summed E-state index contributed by atoms with van der Waals surface area (Å²) >= 11 is 6.13. The van der Waals surface area contributed by atoms with Gasteiger partial charge < -0.3 is 9.64 Å². The first-order valence-electron chi connectivity index (χ1n) is 6.84. The largest absolute Gasteiger partial charge is 0.497 e. The van der Waals surface area contributed by atoms with E-state index < -0.39 is 0 Å². The third-order valence-corrected chi connectivity index (χ3v) is 4.21. The molecule has 1 fully saturated rings. The standard InChI is InChI=1S/C15H16ClN3O2/c1-21-11-6-4-10(5-7-11)12-3-2-8-19(12)13-9-17-18-15(20)14(13)16/h4-7,9,12H,2-3,8H2,1H3,(H,18,20)/t12-/m1/s1. The van der Waals surface area contributed by atoms with Gasteiger partial charge in [0.2, 0.25) is 0 Å². The van der Waals surface area contributed by atoms with Gasteiger partial charge in [0.1, 0.15) is 10.8 Å². The smallest absolute Gasteiger partial charge is 0.285 e. The van der Waals surface area contributed by atoms with Crippen LogP contribution in [0, 0.1) is 0 Å². The molecule has 3 rings (SSSR count). The van der Waals surface area contributed by atoms with Crippen LogP contribution >= 0.6 is 11.6 Å². The van der Waals surface area contributed by atoms with Gasteiger partial charge in [-0.2, -0.15) is 5.10 Å². The van der Waals surface area contributed by atoms with E-state index in [4.69, 9.17) is 16.3 Å². The highest BCUT2D eigenvalue weighted by molar-refractivity contribution is 6.33. The molecular weight excluding hydrogens is 290 g/mol. The van der Waals surface area contributed by atoms with Crippen LogP contribution in [0.1, 0.15) is 24.4 Å². The molecule has 1 N–H and O–H groups in total. The maximum Gasteiger partial charge on any atom is 0.285 e. The van der Waals surface area contributed by atoms with E-state index in [-0.39, 0.29) is 16.6 Å². The average Bonchev–Trinajstić information content (AvgIpc) is 2.99. The van der Waals surface area contributed by atoms with Gasteiger partial charge in [-0.05, 0) is 30.5 Å². The first kappa shape index (κ1) is 13.9. The van der Waals surface area contributed by atoms with Crippen LogP contribution in [0.3, 0.4) is 0 Å². The first-order chi connectivity index (χ1) is 10.2. The fourth-order valence-corrected chi connectivity index (χ4v) is 3.00. The normalized spacial score (nSPS) is 18.0. The zero-order valence-electron chi connectivity index (χ0n) is 11.7. The second kappa shape index (κ2) is 5.77. The summed E-state index contributed by atoms with van der Waals surface area (Å²) in [5.74, 6) is 0.833. The summed E-state index contributed by atoms with van der Waals surface area (Å²) in [6.07, 6.45) is 3.70. The second-order valence-electron chi connectivity index (χ2n) is 5.02. The van der Waals surface area contributed by atoms with E-state index in [9.17, 15) is 4.79 Å². The third kappa shape index (κ3) is 2.61. The SMILES string of the molecule is COc1ccc([C@H]2CCCN2c2cn[nH]c(=O)c2Cl)cc1. The number of rotatable bonds is 3. The van der Waals surface area contributed by atoms with Crippen molar-refractivity contribution in [3.63, 3.8) is 0 Å². The van der Waals surface area contributed by atoms with Gasteiger partial charge in [-0.15, -0.1) is 0 Å². The molecule has 1 aliphatic heterocycles. The van der Waals surface area contributed by atoms with Gasteiger partial charge in [0, 0.05) is 6.54 Å². The van der Waals surface area contributed by atoms with E-state index in [2.05, 4.69) is 27.2 Å². The fourth-order valence-electron chi connectivity index (χ4n) is 2.80. The van der Waals surface area contributed by atoms with Crippen LogP contribution in [-0.4, -0.2) is 23.9 Å². The van der Waals surface area contributed by atoms with Crippen molar-refractivity contribution in [2.24, 2.45) is 0 Å². The molecule has 21 heavy (non-hydrogen) atoms. The molecule has 2 heterocycles. The molecule has 6 heteroatoms. The van der Waals surface area contributed by atoms with Crippen LogP contribution in [0.2, 0.25) is 5.02 Å². The Bertz CT molecular complexity index is 684. The Morgan fingerprint density at radius 1 is 1.38 bits per heavy atom. The third-order valence-electron chi connectivity index (χ3n) is 3.84. The van der Waals surface area contributed by atoms with Crippen molar-refractivity contribution in [1.29, 1.82) is 0 Å². The Kier molecular flexibility index (Phi) is 3.84. The van der Waals surface area contributed by atoms with E-state index in [1.54, 1.807) is 13.3 Å². The number of hydrogen-bond donors (Lipinski definition) is 1. The van der Waals surface area contributed by atoms with Gasteiger partial charge in [-0.25, -0.2) is 5.10 Å². The number of aromatic nitrogens is 2. The van der Waals surface area contributed by atoms with Crippen LogP contribution in [0.15, 0.2) is 35.3 Å². The number of benzene rings is 1. The summed E-state index contributed by atoms with van der Waals surface area (Å²) in [5, 5.41) is 6.41. The van der Waals surface area contributed by atoms with Crippen LogP contribution < -0.4 is 15.2 Å². The maximum atomic E-state index is 11.6. The van der Waals surface area contributed by atoms with Gasteiger partial charge >= 0.3 is 0 Å². The highest BCUT2D eigenvalue weighted by atomic mass is 35.5. The average molecular weight is 306 g/mol. The summed E-state index contributed by atoms with van der Waals surface area (Å²) in [5.41, 5.74) is 1.53. The van der Waals surface area contributed by atoms with Gasteiger partial charge in [0.15, 0.2) is 0 Å². The molecule has 0 radical (unpaired) electrons. The number of H-pyrrole nitrogens is 1. The number of halogens is 1. The zero-order chi connectivity index (χ0) is 14.8. The predicted molar refractivity (Wildman–Crippen MR) is 82.2 cm³/mol. The summed E-state index contributed by atoms with van der Waals surface area (Å²) < 4.78 is 5.19. The van der Waals surface area contributed by atoms with Gasteiger partial charge in [-0.3, -0.25) is 4.79 Å². The minimum absolute atomic E-state index is 0.199. The lowest BCUT2D eigenvalue weighted by atomic mass is 10.0. The number of methoxy groups -OCH3 is 1. The first-order valence-corrected chi connectivity index (χ1v) is 7.22. The highest BCUT2D eigenvalue weighted by Gasteiger charge is 2.28. The molecule has 1 aromatic carbocycles. The number of nitrogens with zero attached hydrogens (tertiary/aromatic N) is 2. The lowest BCUT2D eigenvalue weighted by Gasteiger charge is -2.27. The molecule has 5 nitrogen and oxygen atoms in total. The molecule has 110 valence electrons. The van der Waals surface area contributed by atoms with Crippen LogP contribution in [0.25, 0.3) is 0 Å². The molecule has 0 aliphatic carbocycles. The van der Waals surface area contributed by atoms with Crippen molar-refractivity contribution in [2.45, 2.75) is 18.9 Å². The fraction of sp³-hybridized carbons (Fsp3) is 0.333. The molecule has 0 bridgehead atoms. The lowest BCUT2D eigenvalue weighted by molar-refractivity contribution is 0.414. The van der Waals surface area contributed by atoms with Crippen molar-refractivity contribution in [1.82, 2.24) is 10.2 Å². The second-order valence-corrected chi connectivity index (χ2v) is 5.40. The van der Waals surface area contributed by atoms with E-state index in [1.807, 2.05) is 12.1 Å². The molecule has 2 aromatic rings. The van der Waals surface area contributed by atoms with Crippen LogP contribution in [0.4, 0.5) is 5.69 Å². The molecule has 1 saturated heterocycles. The van der Waals surface area contributed by atoms with Gasteiger partial charge in [0.05, 0.1) is 25.0 Å². The van der Waals surface area contributed by atoms with E-state index in [1.165, 1.54) is 5.56 Å². The number of hydrogen-bond acceptors (Lipinski definition) is 4. The molecular formula is C15H16ClN3O2. The van der Waals surface area contributed by atoms with Crippen molar-refractivity contribution < 1.29 is 4.74 Å². The summed E-state index contributed by atoms with van der Waals surface area (Å²) in [7, 11) is 1.65. The van der Waals surface area contributed by atoms with Crippen molar-refractivity contribution in [3.8, 4) is 5.75 Å².